The van der Waals surface area contributed by atoms with Gasteiger partial charge in [-0.15, -0.1) is 0 Å². The minimum atomic E-state index is -0.361. The number of nitrogens with zero attached hydrogens (tertiary/aromatic N) is 1. The number of rotatable bonds is 6. The summed E-state index contributed by atoms with van der Waals surface area (Å²) in [6.07, 6.45) is 5.21. The largest absolute Gasteiger partial charge is 0.466 e. The van der Waals surface area contributed by atoms with Crippen LogP contribution in [0.15, 0.2) is 30.3 Å². The van der Waals surface area contributed by atoms with E-state index < -0.39 is 0 Å². The molecule has 0 radical (unpaired) electrons. The summed E-state index contributed by atoms with van der Waals surface area (Å²) in [5.41, 5.74) is 0.925. The Balaban J connectivity index is 2.35. The van der Waals surface area contributed by atoms with Gasteiger partial charge in [0.15, 0.2) is 0 Å². The number of carbonyl (C=O) groups excluding carboxylic acids is 1. The number of hydrogen-bond acceptors (Lipinski definition) is 3. The standard InChI is InChI=1S/C19H29NO2/c1-4-22-18(21)19(14-15-20(2)3)13-9-8-12-17(19)16-10-6-5-7-11-16/h5-7,10-11,17H,4,8-9,12-15H2,1-3H3. The Hall–Kier alpha value is -1.35. The number of ether oxygens (including phenoxy) is 1. The minimum absolute atomic E-state index is 0.00500. The number of esters is 1. The maximum absolute atomic E-state index is 12.9. The van der Waals surface area contributed by atoms with Crippen molar-refractivity contribution in [2.75, 3.05) is 27.2 Å². The van der Waals surface area contributed by atoms with Gasteiger partial charge < -0.3 is 9.64 Å². The molecule has 2 unspecified atom stereocenters. The van der Waals surface area contributed by atoms with Crippen LogP contribution in [0.4, 0.5) is 0 Å². The smallest absolute Gasteiger partial charge is 0.312 e. The van der Waals surface area contributed by atoms with E-state index >= 15 is 0 Å². The van der Waals surface area contributed by atoms with Crippen LogP contribution in [0.2, 0.25) is 0 Å². The normalized spacial score (nSPS) is 25.2. The molecular weight excluding hydrogens is 274 g/mol. The van der Waals surface area contributed by atoms with Gasteiger partial charge in [0, 0.05) is 5.92 Å². The number of carbonyl (C=O) groups is 1. The summed E-state index contributed by atoms with van der Waals surface area (Å²) in [4.78, 5) is 15.0. The number of hydrogen-bond donors (Lipinski definition) is 0. The van der Waals surface area contributed by atoms with Gasteiger partial charge in [-0.1, -0.05) is 43.2 Å². The van der Waals surface area contributed by atoms with Gasteiger partial charge in [0.2, 0.25) is 0 Å². The molecule has 0 N–H and O–H groups in total. The van der Waals surface area contributed by atoms with Crippen LogP contribution >= 0.6 is 0 Å². The van der Waals surface area contributed by atoms with Crippen LogP contribution in [0.3, 0.4) is 0 Å². The van der Waals surface area contributed by atoms with Crippen molar-refractivity contribution >= 4 is 5.97 Å². The molecule has 0 heterocycles. The maximum Gasteiger partial charge on any atom is 0.312 e. The molecule has 122 valence electrons. The molecule has 3 heteroatoms. The fraction of sp³-hybridized carbons (Fsp3) is 0.632. The molecule has 0 aromatic heterocycles. The lowest BCUT2D eigenvalue weighted by molar-refractivity contribution is -0.160. The first-order valence-corrected chi connectivity index (χ1v) is 8.47. The van der Waals surface area contributed by atoms with Crippen LogP contribution in [0, 0.1) is 5.41 Å². The highest BCUT2D eigenvalue weighted by Gasteiger charge is 2.48. The number of benzene rings is 1. The molecule has 2 atom stereocenters. The molecule has 3 nitrogen and oxygen atoms in total. The average Bonchev–Trinajstić information content (AvgIpc) is 2.54. The van der Waals surface area contributed by atoms with E-state index in [9.17, 15) is 4.79 Å². The lowest BCUT2D eigenvalue weighted by Crippen LogP contribution is -2.43. The minimum Gasteiger partial charge on any atom is -0.466 e. The Kier molecular flexibility index (Phi) is 6.01. The molecular formula is C19H29NO2. The Labute approximate surface area is 134 Å². The highest BCUT2D eigenvalue weighted by atomic mass is 16.5. The SMILES string of the molecule is CCOC(=O)C1(CCN(C)C)CCCCC1c1ccccc1. The second kappa shape index (κ2) is 7.77. The Bertz CT molecular complexity index is 472. The van der Waals surface area contributed by atoms with E-state index in [4.69, 9.17) is 4.74 Å². The first kappa shape index (κ1) is 17.0. The van der Waals surface area contributed by atoms with Crippen molar-refractivity contribution in [3.05, 3.63) is 35.9 Å². The molecule has 1 fully saturated rings. The molecule has 0 amide bonds. The molecule has 1 aliphatic rings. The predicted octanol–water partition coefficient (Wildman–Crippen LogP) is 3.85. The summed E-state index contributed by atoms with van der Waals surface area (Å²) < 4.78 is 5.51. The fourth-order valence-electron chi connectivity index (χ4n) is 3.75. The van der Waals surface area contributed by atoms with Crippen molar-refractivity contribution < 1.29 is 9.53 Å². The molecule has 2 rings (SSSR count). The zero-order valence-electron chi connectivity index (χ0n) is 14.2. The molecule has 0 spiro atoms. The van der Waals surface area contributed by atoms with Crippen LogP contribution in [0.5, 0.6) is 0 Å². The zero-order valence-corrected chi connectivity index (χ0v) is 14.2. The van der Waals surface area contributed by atoms with Crippen molar-refractivity contribution in [1.29, 1.82) is 0 Å². The Morgan fingerprint density at radius 1 is 1.27 bits per heavy atom. The quantitative estimate of drug-likeness (QED) is 0.748. The van der Waals surface area contributed by atoms with Crippen LogP contribution in [-0.4, -0.2) is 38.1 Å². The molecule has 22 heavy (non-hydrogen) atoms. The van der Waals surface area contributed by atoms with Crippen molar-refractivity contribution in [3.63, 3.8) is 0 Å². The molecule has 1 saturated carbocycles. The van der Waals surface area contributed by atoms with Crippen molar-refractivity contribution in [2.45, 2.75) is 44.9 Å². The van der Waals surface area contributed by atoms with Crippen LogP contribution < -0.4 is 0 Å². The lowest BCUT2D eigenvalue weighted by atomic mass is 9.62. The first-order chi connectivity index (χ1) is 10.6. The van der Waals surface area contributed by atoms with Crippen molar-refractivity contribution in [1.82, 2.24) is 4.90 Å². The van der Waals surface area contributed by atoms with E-state index in [0.717, 1.165) is 32.2 Å². The van der Waals surface area contributed by atoms with E-state index in [1.165, 1.54) is 12.0 Å². The van der Waals surface area contributed by atoms with Crippen molar-refractivity contribution in [2.24, 2.45) is 5.41 Å². The van der Waals surface area contributed by atoms with Gasteiger partial charge in [0.25, 0.3) is 0 Å². The molecule has 0 aliphatic heterocycles. The summed E-state index contributed by atoms with van der Waals surface area (Å²) in [6.45, 7) is 3.28. The van der Waals surface area contributed by atoms with Gasteiger partial charge in [0.05, 0.1) is 12.0 Å². The van der Waals surface area contributed by atoms with E-state index in [0.29, 0.717) is 6.61 Å². The Morgan fingerprint density at radius 3 is 2.64 bits per heavy atom. The third-order valence-electron chi connectivity index (χ3n) is 4.92. The molecule has 1 aliphatic carbocycles. The molecule has 0 bridgehead atoms. The maximum atomic E-state index is 12.9. The van der Waals surface area contributed by atoms with Crippen LogP contribution in [0.25, 0.3) is 0 Å². The summed E-state index contributed by atoms with van der Waals surface area (Å²) in [5.74, 6) is 0.284. The zero-order chi connectivity index (χ0) is 16.0. The van der Waals surface area contributed by atoms with Gasteiger partial charge in [-0.2, -0.15) is 0 Å². The first-order valence-electron chi connectivity index (χ1n) is 8.47. The van der Waals surface area contributed by atoms with E-state index in [1.54, 1.807) is 0 Å². The second-order valence-corrected chi connectivity index (χ2v) is 6.64. The highest BCUT2D eigenvalue weighted by Crippen LogP contribution is 2.50. The van der Waals surface area contributed by atoms with Gasteiger partial charge in [0.1, 0.15) is 0 Å². The lowest BCUT2D eigenvalue weighted by Gasteiger charge is -2.43. The fourth-order valence-corrected chi connectivity index (χ4v) is 3.75. The van der Waals surface area contributed by atoms with Crippen molar-refractivity contribution in [3.8, 4) is 0 Å². The summed E-state index contributed by atoms with van der Waals surface area (Å²) >= 11 is 0. The molecule has 1 aromatic carbocycles. The summed E-state index contributed by atoms with van der Waals surface area (Å²) in [6, 6.07) is 10.5. The van der Waals surface area contributed by atoms with Gasteiger partial charge in [-0.3, -0.25) is 4.79 Å². The molecule has 0 saturated heterocycles. The summed E-state index contributed by atoms with van der Waals surface area (Å²) in [7, 11) is 4.14. The highest BCUT2D eigenvalue weighted by molar-refractivity contribution is 5.78. The average molecular weight is 303 g/mol. The Morgan fingerprint density at radius 2 is 2.00 bits per heavy atom. The third kappa shape index (κ3) is 3.70. The van der Waals surface area contributed by atoms with Crippen LogP contribution in [-0.2, 0) is 9.53 Å². The van der Waals surface area contributed by atoms with E-state index in [1.807, 2.05) is 13.0 Å². The summed E-state index contributed by atoms with van der Waals surface area (Å²) in [5, 5.41) is 0. The second-order valence-electron chi connectivity index (χ2n) is 6.64. The third-order valence-corrected chi connectivity index (χ3v) is 4.92. The van der Waals surface area contributed by atoms with Crippen LogP contribution in [0.1, 0.15) is 50.5 Å². The topological polar surface area (TPSA) is 29.5 Å². The predicted molar refractivity (Wildman–Crippen MR) is 89.9 cm³/mol. The van der Waals surface area contributed by atoms with Gasteiger partial charge in [-0.05, 0) is 52.4 Å². The van der Waals surface area contributed by atoms with Gasteiger partial charge in [-0.25, -0.2) is 0 Å². The van der Waals surface area contributed by atoms with E-state index in [-0.39, 0.29) is 17.3 Å². The van der Waals surface area contributed by atoms with E-state index in [2.05, 4.69) is 43.3 Å². The molecule has 1 aromatic rings. The monoisotopic (exact) mass is 303 g/mol. The van der Waals surface area contributed by atoms with Gasteiger partial charge >= 0.3 is 5.97 Å².